The fourth-order valence-electron chi connectivity index (χ4n) is 2.13. The molecule has 21 heavy (non-hydrogen) atoms. The number of aryl methyl sites for hydroxylation is 3. The molecular weight excluding hydrogens is 290 g/mol. The van der Waals surface area contributed by atoms with Gasteiger partial charge < -0.3 is 0 Å². The van der Waals surface area contributed by atoms with Gasteiger partial charge in [0, 0.05) is 25.8 Å². The second-order valence-electron chi connectivity index (χ2n) is 4.88. The summed E-state index contributed by atoms with van der Waals surface area (Å²) < 4.78 is 30.5. The van der Waals surface area contributed by atoms with Crippen molar-refractivity contribution in [2.75, 3.05) is 6.54 Å². The zero-order valence-electron chi connectivity index (χ0n) is 12.6. The summed E-state index contributed by atoms with van der Waals surface area (Å²) in [5, 5.41) is 8.32. The number of nitrogens with zero attached hydrogens (tertiary/aromatic N) is 4. The Balaban J connectivity index is 1.90. The van der Waals surface area contributed by atoms with E-state index < -0.39 is 10.0 Å². The molecule has 0 unspecified atom stereocenters. The normalized spacial score (nSPS) is 12.0. The zero-order valence-corrected chi connectivity index (χ0v) is 13.4. The summed E-state index contributed by atoms with van der Waals surface area (Å²) in [5.41, 5.74) is 1.62. The van der Waals surface area contributed by atoms with Crippen LogP contribution in [0.3, 0.4) is 0 Å². The molecule has 1 N–H and O–H groups in total. The van der Waals surface area contributed by atoms with Gasteiger partial charge in [-0.3, -0.25) is 9.36 Å². The summed E-state index contributed by atoms with van der Waals surface area (Å²) in [6, 6.07) is 1.92. The van der Waals surface area contributed by atoms with Crippen molar-refractivity contribution in [2.45, 2.75) is 45.2 Å². The summed E-state index contributed by atoms with van der Waals surface area (Å²) in [5.74, 6) is 0. The van der Waals surface area contributed by atoms with Crippen LogP contribution in [0.5, 0.6) is 0 Å². The molecule has 0 aliphatic rings. The molecule has 0 saturated carbocycles. The van der Waals surface area contributed by atoms with Crippen molar-refractivity contribution in [3.63, 3.8) is 0 Å². The van der Waals surface area contributed by atoms with Crippen LogP contribution >= 0.6 is 0 Å². The molecule has 7 nitrogen and oxygen atoms in total. The minimum Gasteiger partial charge on any atom is -0.272 e. The number of aromatic nitrogens is 4. The first-order valence-electron chi connectivity index (χ1n) is 6.96. The standard InChI is InChI=1S/C13H21N5O2S/c1-4-18-12(3)13(10-14-18)21(19,20)15-7-5-8-17-9-6-11(2)16-17/h6,9-10,15H,4-5,7-8H2,1-3H3. The SMILES string of the molecule is CCn1ncc(S(=O)(=O)NCCCn2ccc(C)n2)c1C. The molecular formula is C13H21N5O2S. The van der Waals surface area contributed by atoms with Gasteiger partial charge in [0.25, 0.3) is 0 Å². The van der Waals surface area contributed by atoms with Crippen molar-refractivity contribution in [3.05, 3.63) is 29.8 Å². The number of rotatable bonds is 7. The van der Waals surface area contributed by atoms with Gasteiger partial charge in [-0.15, -0.1) is 0 Å². The summed E-state index contributed by atoms with van der Waals surface area (Å²) in [4.78, 5) is 0.249. The maximum absolute atomic E-state index is 12.2. The lowest BCUT2D eigenvalue weighted by Gasteiger charge is -2.07. The van der Waals surface area contributed by atoms with Crippen molar-refractivity contribution >= 4 is 10.0 Å². The van der Waals surface area contributed by atoms with E-state index in [0.29, 0.717) is 31.7 Å². The predicted molar refractivity (Wildman–Crippen MR) is 79.4 cm³/mol. The molecule has 2 aromatic heterocycles. The van der Waals surface area contributed by atoms with Crippen LogP contribution in [-0.2, 0) is 23.1 Å². The van der Waals surface area contributed by atoms with Gasteiger partial charge in [-0.2, -0.15) is 10.2 Å². The highest BCUT2D eigenvalue weighted by molar-refractivity contribution is 7.89. The monoisotopic (exact) mass is 311 g/mol. The third kappa shape index (κ3) is 3.70. The molecule has 0 radical (unpaired) electrons. The molecule has 0 saturated heterocycles. The molecule has 0 aromatic carbocycles. The summed E-state index contributed by atoms with van der Waals surface area (Å²) in [6.45, 7) is 7.32. The maximum Gasteiger partial charge on any atom is 0.243 e. The van der Waals surface area contributed by atoms with Gasteiger partial charge in [-0.25, -0.2) is 13.1 Å². The Bertz CT molecular complexity index is 702. The van der Waals surface area contributed by atoms with Crippen molar-refractivity contribution in [1.82, 2.24) is 24.3 Å². The third-order valence-electron chi connectivity index (χ3n) is 3.28. The minimum absolute atomic E-state index is 0.249. The van der Waals surface area contributed by atoms with Crippen LogP contribution in [0.4, 0.5) is 0 Å². The number of nitrogens with one attached hydrogen (secondary N) is 1. The van der Waals surface area contributed by atoms with Crippen molar-refractivity contribution in [1.29, 1.82) is 0 Å². The minimum atomic E-state index is -3.49. The maximum atomic E-state index is 12.2. The predicted octanol–water partition coefficient (Wildman–Crippen LogP) is 1.08. The van der Waals surface area contributed by atoms with Crippen LogP contribution in [0, 0.1) is 13.8 Å². The van der Waals surface area contributed by atoms with Crippen molar-refractivity contribution in [3.8, 4) is 0 Å². The Morgan fingerprint density at radius 1 is 1.33 bits per heavy atom. The first-order chi connectivity index (χ1) is 9.94. The fraction of sp³-hybridized carbons (Fsp3) is 0.538. The summed E-state index contributed by atoms with van der Waals surface area (Å²) in [6.07, 6.45) is 3.97. The molecule has 0 aliphatic heterocycles. The van der Waals surface area contributed by atoms with Crippen LogP contribution in [0.1, 0.15) is 24.7 Å². The second-order valence-corrected chi connectivity index (χ2v) is 6.62. The Morgan fingerprint density at radius 2 is 2.10 bits per heavy atom. The van der Waals surface area contributed by atoms with Crippen molar-refractivity contribution < 1.29 is 8.42 Å². The zero-order chi connectivity index (χ0) is 15.5. The molecule has 0 spiro atoms. The van der Waals surface area contributed by atoms with Gasteiger partial charge >= 0.3 is 0 Å². The Labute approximate surface area is 125 Å². The lowest BCUT2D eigenvalue weighted by molar-refractivity contribution is 0.550. The van der Waals surface area contributed by atoms with Gasteiger partial charge in [0.15, 0.2) is 0 Å². The van der Waals surface area contributed by atoms with Gasteiger partial charge in [0.05, 0.1) is 17.6 Å². The van der Waals surface area contributed by atoms with E-state index in [1.807, 2.05) is 30.8 Å². The number of sulfonamides is 1. The first kappa shape index (κ1) is 15.7. The van der Waals surface area contributed by atoms with E-state index >= 15 is 0 Å². The molecule has 0 bridgehead atoms. The first-order valence-corrected chi connectivity index (χ1v) is 8.44. The molecule has 2 heterocycles. The van der Waals surface area contributed by atoms with E-state index in [-0.39, 0.29) is 4.90 Å². The van der Waals surface area contributed by atoms with E-state index in [2.05, 4.69) is 14.9 Å². The van der Waals surface area contributed by atoms with E-state index in [9.17, 15) is 8.42 Å². The molecule has 2 aromatic rings. The summed E-state index contributed by atoms with van der Waals surface area (Å²) in [7, 11) is -3.49. The number of hydrogen-bond acceptors (Lipinski definition) is 4. The lowest BCUT2D eigenvalue weighted by atomic mass is 10.4. The quantitative estimate of drug-likeness (QED) is 0.776. The molecule has 0 amide bonds. The Morgan fingerprint density at radius 3 is 2.67 bits per heavy atom. The van der Waals surface area contributed by atoms with E-state index in [1.54, 1.807) is 11.6 Å². The topological polar surface area (TPSA) is 81.8 Å². The highest BCUT2D eigenvalue weighted by Gasteiger charge is 2.19. The molecule has 0 fully saturated rings. The third-order valence-corrected chi connectivity index (χ3v) is 4.84. The van der Waals surface area contributed by atoms with Gasteiger partial charge in [-0.05, 0) is 33.3 Å². The van der Waals surface area contributed by atoms with E-state index in [0.717, 1.165) is 5.69 Å². The van der Waals surface area contributed by atoms with E-state index in [4.69, 9.17) is 0 Å². The molecule has 8 heteroatoms. The largest absolute Gasteiger partial charge is 0.272 e. The van der Waals surface area contributed by atoms with Crippen LogP contribution in [0.25, 0.3) is 0 Å². The van der Waals surface area contributed by atoms with Crippen LogP contribution in [-0.4, -0.2) is 34.5 Å². The number of hydrogen-bond donors (Lipinski definition) is 1. The van der Waals surface area contributed by atoms with Gasteiger partial charge in [-0.1, -0.05) is 0 Å². The molecule has 116 valence electrons. The highest BCUT2D eigenvalue weighted by atomic mass is 32.2. The van der Waals surface area contributed by atoms with Crippen LogP contribution < -0.4 is 4.72 Å². The second kappa shape index (κ2) is 6.40. The van der Waals surface area contributed by atoms with Gasteiger partial charge in [0.1, 0.15) is 4.90 Å². The van der Waals surface area contributed by atoms with Crippen LogP contribution in [0.2, 0.25) is 0 Å². The van der Waals surface area contributed by atoms with Crippen LogP contribution in [0.15, 0.2) is 23.4 Å². The molecule has 0 atom stereocenters. The Kier molecular flexibility index (Phi) is 4.79. The highest BCUT2D eigenvalue weighted by Crippen LogP contribution is 2.13. The molecule has 0 aliphatic carbocycles. The van der Waals surface area contributed by atoms with Gasteiger partial charge in [0.2, 0.25) is 10.0 Å². The fourth-order valence-corrected chi connectivity index (χ4v) is 3.37. The average Bonchev–Trinajstić information content (AvgIpc) is 3.01. The summed E-state index contributed by atoms with van der Waals surface area (Å²) >= 11 is 0. The smallest absolute Gasteiger partial charge is 0.243 e. The molecule has 2 rings (SSSR count). The van der Waals surface area contributed by atoms with E-state index in [1.165, 1.54) is 6.20 Å². The average molecular weight is 311 g/mol. The Hall–Kier alpha value is -1.67. The lowest BCUT2D eigenvalue weighted by Crippen LogP contribution is -2.26. The van der Waals surface area contributed by atoms with Crippen molar-refractivity contribution in [2.24, 2.45) is 0 Å².